The van der Waals surface area contributed by atoms with E-state index >= 15 is 0 Å². The maximum Gasteiger partial charge on any atom is 0.228 e. The van der Waals surface area contributed by atoms with Crippen LogP contribution in [0.15, 0.2) is 10.9 Å². The van der Waals surface area contributed by atoms with Gasteiger partial charge in [0.2, 0.25) is 5.89 Å². The Balaban J connectivity index is 1.64. The van der Waals surface area contributed by atoms with Crippen molar-refractivity contribution in [1.29, 1.82) is 0 Å². The molecule has 19 heavy (non-hydrogen) atoms. The Morgan fingerprint density at radius 1 is 1.26 bits per heavy atom. The molecule has 0 aromatic carbocycles. The van der Waals surface area contributed by atoms with Crippen LogP contribution >= 0.6 is 0 Å². The average Bonchev–Trinajstić information content (AvgIpc) is 2.85. The molecular formula is C13H17N5O. The van der Waals surface area contributed by atoms with E-state index in [4.69, 9.17) is 4.52 Å². The van der Waals surface area contributed by atoms with Gasteiger partial charge in [-0.1, -0.05) is 5.16 Å². The van der Waals surface area contributed by atoms with Crippen LogP contribution in [0.2, 0.25) is 0 Å². The zero-order valence-electron chi connectivity index (χ0n) is 11.0. The van der Waals surface area contributed by atoms with Gasteiger partial charge in [-0.3, -0.25) is 0 Å². The van der Waals surface area contributed by atoms with Crippen molar-refractivity contribution in [3.63, 3.8) is 0 Å². The van der Waals surface area contributed by atoms with Gasteiger partial charge in [0.1, 0.15) is 12.1 Å². The van der Waals surface area contributed by atoms with Crippen molar-refractivity contribution in [1.82, 2.24) is 20.1 Å². The first kappa shape index (κ1) is 12.1. The summed E-state index contributed by atoms with van der Waals surface area (Å²) in [5, 5.41) is 7.12. The highest BCUT2D eigenvalue weighted by molar-refractivity contribution is 5.46. The molecule has 6 nitrogen and oxygen atoms in total. The standard InChI is InChI=1S/C13H17N5O/c1-9-17-12(19-18-9)6-7-14-13-10-4-2-3-5-11(10)15-8-16-13/h8H,2-7H2,1H3,(H,14,15,16). The van der Waals surface area contributed by atoms with Gasteiger partial charge in [-0.15, -0.1) is 0 Å². The van der Waals surface area contributed by atoms with Crippen LogP contribution in [0.1, 0.15) is 35.8 Å². The number of hydrogen-bond acceptors (Lipinski definition) is 6. The Morgan fingerprint density at radius 3 is 3.00 bits per heavy atom. The summed E-state index contributed by atoms with van der Waals surface area (Å²) in [6.45, 7) is 2.56. The Hall–Kier alpha value is -1.98. The van der Waals surface area contributed by atoms with Crippen LogP contribution in [-0.2, 0) is 19.3 Å². The summed E-state index contributed by atoms with van der Waals surface area (Å²) >= 11 is 0. The first-order valence-corrected chi connectivity index (χ1v) is 6.69. The lowest BCUT2D eigenvalue weighted by Crippen LogP contribution is -2.14. The van der Waals surface area contributed by atoms with Gasteiger partial charge in [-0.2, -0.15) is 4.98 Å². The molecule has 0 fully saturated rings. The number of nitrogens with zero attached hydrogens (tertiary/aromatic N) is 4. The lowest BCUT2D eigenvalue weighted by molar-refractivity contribution is 0.377. The van der Waals surface area contributed by atoms with Crippen molar-refractivity contribution in [3.05, 3.63) is 29.3 Å². The van der Waals surface area contributed by atoms with Crippen molar-refractivity contribution in [3.8, 4) is 0 Å². The van der Waals surface area contributed by atoms with Gasteiger partial charge in [-0.05, 0) is 32.6 Å². The van der Waals surface area contributed by atoms with Crippen LogP contribution in [0.3, 0.4) is 0 Å². The van der Waals surface area contributed by atoms with Crippen LogP contribution in [0.5, 0.6) is 0 Å². The fourth-order valence-electron chi connectivity index (χ4n) is 2.40. The summed E-state index contributed by atoms with van der Waals surface area (Å²) < 4.78 is 5.08. The lowest BCUT2D eigenvalue weighted by Gasteiger charge is -2.17. The summed E-state index contributed by atoms with van der Waals surface area (Å²) in [5.41, 5.74) is 2.47. The zero-order valence-corrected chi connectivity index (χ0v) is 11.0. The number of hydrogen-bond donors (Lipinski definition) is 1. The molecule has 0 radical (unpaired) electrons. The monoisotopic (exact) mass is 259 g/mol. The highest BCUT2D eigenvalue weighted by Crippen LogP contribution is 2.24. The maximum atomic E-state index is 5.08. The van der Waals surface area contributed by atoms with Crippen molar-refractivity contribution < 1.29 is 4.52 Å². The van der Waals surface area contributed by atoms with Crippen LogP contribution < -0.4 is 5.32 Å². The third-order valence-electron chi connectivity index (χ3n) is 3.33. The predicted molar refractivity (Wildman–Crippen MR) is 69.9 cm³/mol. The third kappa shape index (κ3) is 2.72. The molecule has 2 aromatic heterocycles. The second-order valence-electron chi connectivity index (χ2n) is 4.77. The highest BCUT2D eigenvalue weighted by atomic mass is 16.5. The predicted octanol–water partition coefficient (Wildman–Crippen LogP) is 1.70. The quantitative estimate of drug-likeness (QED) is 0.900. The Kier molecular flexibility index (Phi) is 3.39. The fraction of sp³-hybridized carbons (Fsp3) is 0.538. The normalized spacial score (nSPS) is 14.2. The Morgan fingerprint density at radius 2 is 2.16 bits per heavy atom. The average molecular weight is 259 g/mol. The molecule has 0 saturated carbocycles. The summed E-state index contributed by atoms with van der Waals surface area (Å²) in [7, 11) is 0. The minimum absolute atomic E-state index is 0.660. The summed E-state index contributed by atoms with van der Waals surface area (Å²) in [4.78, 5) is 12.9. The van der Waals surface area contributed by atoms with Crippen molar-refractivity contribution in [2.75, 3.05) is 11.9 Å². The smallest absolute Gasteiger partial charge is 0.228 e. The molecule has 0 saturated heterocycles. The summed E-state index contributed by atoms with van der Waals surface area (Å²) in [6, 6.07) is 0. The number of anilines is 1. The van der Waals surface area contributed by atoms with E-state index in [1.165, 1.54) is 24.1 Å². The van der Waals surface area contributed by atoms with Gasteiger partial charge in [0.25, 0.3) is 0 Å². The van der Waals surface area contributed by atoms with Crippen LogP contribution in [0, 0.1) is 6.92 Å². The number of aromatic nitrogens is 4. The van der Waals surface area contributed by atoms with E-state index in [0.29, 0.717) is 18.1 Å². The third-order valence-corrected chi connectivity index (χ3v) is 3.33. The molecule has 0 atom stereocenters. The maximum absolute atomic E-state index is 5.08. The molecule has 0 bridgehead atoms. The van der Waals surface area contributed by atoms with Gasteiger partial charge in [0.05, 0.1) is 0 Å². The first-order valence-electron chi connectivity index (χ1n) is 6.69. The van der Waals surface area contributed by atoms with Crippen LogP contribution in [0.4, 0.5) is 5.82 Å². The molecule has 1 aliphatic rings. The molecule has 3 rings (SSSR count). The molecule has 0 amide bonds. The molecule has 2 heterocycles. The minimum atomic E-state index is 0.660. The summed E-state index contributed by atoms with van der Waals surface area (Å²) in [6.07, 6.45) is 6.93. The van der Waals surface area contributed by atoms with E-state index < -0.39 is 0 Å². The molecule has 2 aromatic rings. The van der Waals surface area contributed by atoms with E-state index in [2.05, 4.69) is 25.4 Å². The van der Waals surface area contributed by atoms with E-state index in [9.17, 15) is 0 Å². The van der Waals surface area contributed by atoms with Crippen molar-refractivity contribution in [2.24, 2.45) is 0 Å². The number of rotatable bonds is 4. The number of nitrogens with one attached hydrogen (secondary N) is 1. The molecule has 1 N–H and O–H groups in total. The van der Waals surface area contributed by atoms with Gasteiger partial charge in [-0.25, -0.2) is 9.97 Å². The Bertz CT molecular complexity index is 566. The van der Waals surface area contributed by atoms with E-state index in [1.807, 2.05) is 6.92 Å². The SMILES string of the molecule is Cc1noc(CCNc2ncnc3c2CCCC3)n1. The molecule has 1 aliphatic carbocycles. The van der Waals surface area contributed by atoms with Gasteiger partial charge >= 0.3 is 0 Å². The van der Waals surface area contributed by atoms with Crippen molar-refractivity contribution >= 4 is 5.82 Å². The molecule has 0 unspecified atom stereocenters. The van der Waals surface area contributed by atoms with Crippen LogP contribution in [-0.4, -0.2) is 26.7 Å². The fourth-order valence-corrected chi connectivity index (χ4v) is 2.40. The molecular weight excluding hydrogens is 242 g/mol. The lowest BCUT2D eigenvalue weighted by atomic mass is 9.96. The molecule has 6 heteroatoms. The first-order chi connectivity index (χ1) is 9.33. The van der Waals surface area contributed by atoms with Crippen molar-refractivity contribution in [2.45, 2.75) is 39.0 Å². The van der Waals surface area contributed by atoms with Gasteiger partial charge in [0, 0.05) is 24.2 Å². The van der Waals surface area contributed by atoms with Gasteiger partial charge < -0.3 is 9.84 Å². The van der Waals surface area contributed by atoms with E-state index in [1.54, 1.807) is 6.33 Å². The number of fused-ring (bicyclic) bond motifs is 1. The molecule has 100 valence electrons. The number of aryl methyl sites for hydroxylation is 2. The van der Waals surface area contributed by atoms with E-state index in [-0.39, 0.29) is 0 Å². The minimum Gasteiger partial charge on any atom is -0.369 e. The van der Waals surface area contributed by atoms with E-state index in [0.717, 1.165) is 25.2 Å². The second-order valence-corrected chi connectivity index (χ2v) is 4.77. The van der Waals surface area contributed by atoms with Crippen LogP contribution in [0.25, 0.3) is 0 Å². The Labute approximate surface area is 111 Å². The summed E-state index contributed by atoms with van der Waals surface area (Å²) in [5.74, 6) is 2.29. The zero-order chi connectivity index (χ0) is 13.1. The molecule has 0 spiro atoms. The topological polar surface area (TPSA) is 76.7 Å². The second kappa shape index (κ2) is 5.34. The largest absolute Gasteiger partial charge is 0.369 e. The highest BCUT2D eigenvalue weighted by Gasteiger charge is 2.15. The molecule has 0 aliphatic heterocycles. The van der Waals surface area contributed by atoms with Gasteiger partial charge in [0.15, 0.2) is 5.82 Å².